The van der Waals surface area contributed by atoms with Gasteiger partial charge in [0.15, 0.2) is 23.2 Å². The van der Waals surface area contributed by atoms with E-state index in [2.05, 4.69) is 58.7 Å². The molecule has 2 aromatic heterocycles. The first-order valence-corrected chi connectivity index (χ1v) is 24.3. The molecule has 0 aliphatic heterocycles. The molecule has 368 valence electrons. The molecule has 17 heteroatoms. The summed E-state index contributed by atoms with van der Waals surface area (Å²) in [6, 6.07) is 44.8. The van der Waals surface area contributed by atoms with E-state index in [9.17, 15) is 14.9 Å². The molecule has 0 saturated heterocycles. The number of hydrogen-bond acceptors (Lipinski definition) is 14. The lowest BCUT2D eigenvalue weighted by molar-refractivity contribution is -0.135. The standard InChI is InChI=1S/C54H58N7O9P/c1-38(2)61(39(3)4)71(68-32-16-31-55)69-34-47(33-67-54(42-21-14-9-15-22-42,43-23-27-45(64-5)28-24-43)44-25-29-46(65-6)30-26-44)70-48(35-66-53(63)41-19-12-8-13-20-41)60-37-58-49-50(56-36-57-51(49)60)59-52(62)40-17-10-7-11-18-40/h7-15,17-30,36-39,47-48H,16,32-35H2,1-6H3,(H,56,57,59,62)/t47-,48-,71?/m1/s1. The molecule has 0 fully saturated rings. The van der Waals surface area contributed by atoms with E-state index in [1.807, 2.05) is 91.0 Å². The number of anilines is 1. The van der Waals surface area contributed by atoms with Crippen molar-refractivity contribution in [3.63, 3.8) is 0 Å². The van der Waals surface area contributed by atoms with E-state index in [0.717, 1.165) is 16.7 Å². The molecule has 0 spiro atoms. The average Bonchev–Trinajstić information content (AvgIpc) is 3.85. The second-order valence-corrected chi connectivity index (χ2v) is 18.2. The zero-order valence-corrected chi connectivity index (χ0v) is 41.5. The molecule has 0 bridgehead atoms. The van der Waals surface area contributed by atoms with Crippen molar-refractivity contribution < 1.29 is 42.3 Å². The lowest BCUT2D eigenvalue weighted by atomic mass is 9.80. The van der Waals surface area contributed by atoms with Gasteiger partial charge in [-0.05, 0) is 92.9 Å². The summed E-state index contributed by atoms with van der Waals surface area (Å²) >= 11 is 0. The fourth-order valence-corrected chi connectivity index (χ4v) is 9.65. The zero-order valence-electron chi connectivity index (χ0n) is 40.6. The second-order valence-electron chi connectivity index (χ2n) is 16.7. The summed E-state index contributed by atoms with van der Waals surface area (Å²) in [5.74, 6) is 0.521. The maximum absolute atomic E-state index is 13.7. The van der Waals surface area contributed by atoms with E-state index in [1.165, 1.54) is 12.7 Å². The highest BCUT2D eigenvalue weighted by atomic mass is 31.2. The highest BCUT2D eigenvalue weighted by molar-refractivity contribution is 7.44. The van der Waals surface area contributed by atoms with Crippen molar-refractivity contribution >= 4 is 37.4 Å². The predicted octanol–water partition coefficient (Wildman–Crippen LogP) is 10.1. The van der Waals surface area contributed by atoms with E-state index < -0.39 is 32.4 Å². The quantitative estimate of drug-likeness (QED) is 0.0247. The first-order valence-electron chi connectivity index (χ1n) is 23.2. The predicted molar refractivity (Wildman–Crippen MR) is 270 cm³/mol. The molecule has 0 aliphatic carbocycles. The van der Waals surface area contributed by atoms with Gasteiger partial charge in [-0.15, -0.1) is 0 Å². The first-order chi connectivity index (χ1) is 34.6. The van der Waals surface area contributed by atoms with Crippen molar-refractivity contribution in [3.05, 3.63) is 180 Å². The van der Waals surface area contributed by atoms with Crippen molar-refractivity contribution in [1.29, 1.82) is 5.26 Å². The summed E-state index contributed by atoms with van der Waals surface area (Å²) in [5, 5.41) is 12.3. The zero-order chi connectivity index (χ0) is 50.2. The number of ether oxygens (including phenoxy) is 5. The summed E-state index contributed by atoms with van der Waals surface area (Å²) in [4.78, 5) is 40.6. The minimum absolute atomic E-state index is 0.00779. The number of methoxy groups -OCH3 is 2. The smallest absolute Gasteiger partial charge is 0.338 e. The monoisotopic (exact) mass is 979 g/mol. The van der Waals surface area contributed by atoms with Gasteiger partial charge in [-0.3, -0.25) is 9.36 Å². The Bertz CT molecular complexity index is 2760. The maximum Gasteiger partial charge on any atom is 0.338 e. The molecular formula is C54H58N7O9P. The molecule has 1 amide bonds. The van der Waals surface area contributed by atoms with Crippen LogP contribution in [0, 0.1) is 11.3 Å². The number of aromatic nitrogens is 4. The number of imidazole rings is 1. The van der Waals surface area contributed by atoms with Gasteiger partial charge in [0.2, 0.25) is 0 Å². The van der Waals surface area contributed by atoms with Crippen LogP contribution in [0.3, 0.4) is 0 Å². The number of nitrogens with zero attached hydrogens (tertiary/aromatic N) is 6. The third-order valence-corrected chi connectivity index (χ3v) is 13.4. The van der Waals surface area contributed by atoms with Crippen LogP contribution in [-0.4, -0.2) is 94.9 Å². The molecule has 5 aromatic carbocycles. The number of nitriles is 1. The van der Waals surface area contributed by atoms with Crippen molar-refractivity contribution in [1.82, 2.24) is 24.2 Å². The van der Waals surface area contributed by atoms with Gasteiger partial charge in [0.1, 0.15) is 36.1 Å². The lowest BCUT2D eigenvalue weighted by Gasteiger charge is -2.38. The minimum Gasteiger partial charge on any atom is -0.497 e. The van der Waals surface area contributed by atoms with Crippen LogP contribution in [0.15, 0.2) is 152 Å². The number of nitrogens with one attached hydrogen (secondary N) is 1. The third-order valence-electron chi connectivity index (χ3n) is 11.3. The number of carbonyl (C=O) groups is 2. The van der Waals surface area contributed by atoms with Gasteiger partial charge in [0.05, 0.1) is 58.4 Å². The molecule has 3 atom stereocenters. The normalized spacial score (nSPS) is 12.9. The van der Waals surface area contributed by atoms with Crippen molar-refractivity contribution in [2.24, 2.45) is 0 Å². The Labute approximate surface area is 415 Å². The summed E-state index contributed by atoms with van der Waals surface area (Å²) in [5.41, 5.74) is 2.46. The summed E-state index contributed by atoms with van der Waals surface area (Å²) in [6.45, 7) is 7.86. The van der Waals surface area contributed by atoms with Gasteiger partial charge in [-0.2, -0.15) is 5.26 Å². The molecule has 2 heterocycles. The molecular weight excluding hydrogens is 922 g/mol. The Balaban J connectivity index is 1.33. The van der Waals surface area contributed by atoms with Crippen LogP contribution in [0.2, 0.25) is 0 Å². The number of amides is 1. The Morgan fingerprint density at radius 1 is 0.704 bits per heavy atom. The van der Waals surface area contributed by atoms with Gasteiger partial charge in [0, 0.05) is 17.6 Å². The van der Waals surface area contributed by atoms with Gasteiger partial charge in [-0.25, -0.2) is 24.4 Å². The number of carbonyl (C=O) groups excluding carboxylic acids is 2. The van der Waals surface area contributed by atoms with E-state index in [1.54, 1.807) is 67.3 Å². The first kappa shape index (κ1) is 51.8. The van der Waals surface area contributed by atoms with Crippen molar-refractivity contribution in [2.45, 2.75) is 64.1 Å². The molecule has 1 unspecified atom stereocenters. The summed E-state index contributed by atoms with van der Waals surface area (Å²) in [7, 11) is 1.48. The summed E-state index contributed by atoms with van der Waals surface area (Å²) < 4.78 is 48.6. The average molecular weight is 980 g/mol. The Kier molecular flexibility index (Phi) is 18.3. The van der Waals surface area contributed by atoms with E-state index >= 15 is 0 Å². The van der Waals surface area contributed by atoms with Crippen LogP contribution in [0.25, 0.3) is 11.2 Å². The van der Waals surface area contributed by atoms with Gasteiger partial charge in [-0.1, -0.05) is 91.0 Å². The molecule has 0 aliphatic rings. The largest absolute Gasteiger partial charge is 0.497 e. The lowest BCUT2D eigenvalue weighted by Crippen LogP contribution is -2.39. The SMILES string of the molecule is COc1ccc(C(OC[C@H](COP(OCCC#N)N(C(C)C)C(C)C)O[C@H](COC(=O)c2ccccc2)n2cnc3c(NC(=O)c4ccccc4)ncnc32)(c2ccccc2)c2ccc(OC)cc2)cc1. The molecule has 71 heavy (non-hydrogen) atoms. The summed E-state index contributed by atoms with van der Waals surface area (Å²) in [6.07, 6.45) is 0.933. The molecule has 7 aromatic rings. The molecule has 0 radical (unpaired) electrons. The maximum atomic E-state index is 13.7. The number of fused-ring (bicyclic) bond motifs is 1. The Hall–Kier alpha value is -7.09. The highest BCUT2D eigenvalue weighted by Crippen LogP contribution is 2.47. The van der Waals surface area contributed by atoms with Crippen LogP contribution < -0.4 is 14.8 Å². The van der Waals surface area contributed by atoms with Crippen LogP contribution in [0.4, 0.5) is 5.82 Å². The Morgan fingerprint density at radius 3 is 1.83 bits per heavy atom. The van der Waals surface area contributed by atoms with Crippen LogP contribution in [-0.2, 0) is 28.9 Å². The molecule has 7 rings (SSSR count). The number of hydrogen-bond donors (Lipinski definition) is 1. The van der Waals surface area contributed by atoms with Gasteiger partial charge >= 0.3 is 5.97 Å². The topological polar surface area (TPSA) is 181 Å². The van der Waals surface area contributed by atoms with Crippen molar-refractivity contribution in [2.75, 3.05) is 46.0 Å². The van der Waals surface area contributed by atoms with E-state index in [0.29, 0.717) is 22.6 Å². The third kappa shape index (κ3) is 12.8. The van der Waals surface area contributed by atoms with Gasteiger partial charge < -0.3 is 38.0 Å². The van der Waals surface area contributed by atoms with Crippen LogP contribution in [0.5, 0.6) is 11.5 Å². The Morgan fingerprint density at radius 2 is 1.27 bits per heavy atom. The minimum atomic E-state index is -1.75. The highest BCUT2D eigenvalue weighted by Gasteiger charge is 2.40. The number of rotatable bonds is 25. The van der Waals surface area contributed by atoms with E-state index in [-0.39, 0.29) is 67.8 Å². The van der Waals surface area contributed by atoms with Crippen LogP contribution >= 0.6 is 8.53 Å². The van der Waals surface area contributed by atoms with Crippen LogP contribution in [0.1, 0.15) is 77.8 Å². The fourth-order valence-electron chi connectivity index (χ4n) is 8.01. The number of benzene rings is 5. The second kappa shape index (κ2) is 25.2. The van der Waals surface area contributed by atoms with E-state index in [4.69, 9.17) is 32.7 Å². The van der Waals surface area contributed by atoms with Crippen molar-refractivity contribution in [3.8, 4) is 17.6 Å². The molecule has 0 saturated carbocycles. The van der Waals surface area contributed by atoms with Gasteiger partial charge in [0.25, 0.3) is 14.4 Å². The molecule has 1 N–H and O–H groups in total. The molecule has 16 nitrogen and oxygen atoms in total. The number of esters is 1. The fraction of sp³-hybridized carbons (Fsp3) is 0.296.